The maximum atomic E-state index is 2.46. The van der Waals surface area contributed by atoms with Gasteiger partial charge in [0.15, 0.2) is 0 Å². The van der Waals surface area contributed by atoms with E-state index >= 15 is 0 Å². The highest BCUT2D eigenvalue weighted by Gasteiger charge is 2.33. The SMILES string of the molecule is CCCCC(C)C1CC(C(C)C)C1. The van der Waals surface area contributed by atoms with E-state index in [1.807, 2.05) is 0 Å². The molecule has 0 aromatic heterocycles. The lowest BCUT2D eigenvalue weighted by Gasteiger charge is -2.41. The fourth-order valence-electron chi connectivity index (χ4n) is 2.48. The minimum atomic E-state index is 0.926. The lowest BCUT2D eigenvalue weighted by atomic mass is 9.64. The number of rotatable bonds is 5. The van der Waals surface area contributed by atoms with Crippen molar-refractivity contribution in [1.29, 1.82) is 0 Å². The van der Waals surface area contributed by atoms with Gasteiger partial charge in [0.1, 0.15) is 0 Å². The lowest BCUT2D eigenvalue weighted by molar-refractivity contribution is 0.0903. The van der Waals surface area contributed by atoms with Crippen molar-refractivity contribution < 1.29 is 0 Å². The van der Waals surface area contributed by atoms with Gasteiger partial charge in [0.25, 0.3) is 0 Å². The summed E-state index contributed by atoms with van der Waals surface area (Å²) >= 11 is 0. The first-order chi connectivity index (χ1) is 6.15. The van der Waals surface area contributed by atoms with Crippen molar-refractivity contribution in [2.45, 2.75) is 59.8 Å². The summed E-state index contributed by atoms with van der Waals surface area (Å²) in [6, 6.07) is 0. The summed E-state index contributed by atoms with van der Waals surface area (Å²) in [4.78, 5) is 0. The Morgan fingerprint density at radius 2 is 1.69 bits per heavy atom. The third-order valence-corrected chi connectivity index (χ3v) is 3.97. The van der Waals surface area contributed by atoms with Crippen LogP contribution < -0.4 is 0 Å². The Kier molecular flexibility index (Phi) is 4.28. The molecular weight excluding hydrogens is 156 g/mol. The van der Waals surface area contributed by atoms with E-state index in [1.165, 1.54) is 32.1 Å². The van der Waals surface area contributed by atoms with Gasteiger partial charge in [-0.15, -0.1) is 0 Å². The Morgan fingerprint density at radius 3 is 2.15 bits per heavy atom. The van der Waals surface area contributed by atoms with Gasteiger partial charge >= 0.3 is 0 Å². The molecule has 0 aliphatic heterocycles. The van der Waals surface area contributed by atoms with Crippen LogP contribution in [0.3, 0.4) is 0 Å². The molecule has 1 atom stereocenters. The second-order valence-electron chi connectivity index (χ2n) is 5.36. The Bertz CT molecular complexity index is 131. The van der Waals surface area contributed by atoms with E-state index in [-0.39, 0.29) is 0 Å². The van der Waals surface area contributed by atoms with Crippen LogP contribution in [0.1, 0.15) is 59.8 Å². The average Bonchev–Trinajstić information content (AvgIpc) is 1.97. The molecule has 1 fully saturated rings. The predicted molar refractivity (Wildman–Crippen MR) is 59.7 cm³/mol. The number of hydrogen-bond donors (Lipinski definition) is 0. The van der Waals surface area contributed by atoms with Crippen molar-refractivity contribution in [2.75, 3.05) is 0 Å². The summed E-state index contributed by atoms with van der Waals surface area (Å²) in [5.41, 5.74) is 0. The largest absolute Gasteiger partial charge is 0.0654 e. The molecule has 78 valence electrons. The molecule has 0 aromatic carbocycles. The zero-order valence-electron chi connectivity index (χ0n) is 9.84. The van der Waals surface area contributed by atoms with Crippen LogP contribution >= 0.6 is 0 Å². The van der Waals surface area contributed by atoms with E-state index < -0.39 is 0 Å². The number of hydrogen-bond acceptors (Lipinski definition) is 0. The zero-order valence-corrected chi connectivity index (χ0v) is 9.84. The van der Waals surface area contributed by atoms with Gasteiger partial charge < -0.3 is 0 Å². The average molecular weight is 182 g/mol. The third kappa shape index (κ3) is 3.00. The molecule has 0 aromatic rings. The standard InChI is InChI=1S/C13H26/c1-5-6-7-11(4)13-8-12(9-13)10(2)3/h10-13H,5-9H2,1-4H3. The van der Waals surface area contributed by atoms with Crippen LogP contribution in [0.4, 0.5) is 0 Å². The molecule has 0 nitrogen and oxygen atoms in total. The molecule has 1 saturated carbocycles. The molecule has 1 rings (SSSR count). The van der Waals surface area contributed by atoms with E-state index in [4.69, 9.17) is 0 Å². The van der Waals surface area contributed by atoms with Crippen LogP contribution in [0.2, 0.25) is 0 Å². The van der Waals surface area contributed by atoms with Crippen molar-refractivity contribution in [2.24, 2.45) is 23.7 Å². The van der Waals surface area contributed by atoms with E-state index in [1.54, 1.807) is 0 Å². The van der Waals surface area contributed by atoms with E-state index in [0.29, 0.717) is 0 Å². The van der Waals surface area contributed by atoms with Gasteiger partial charge in [0, 0.05) is 0 Å². The first-order valence-electron chi connectivity index (χ1n) is 6.15. The zero-order chi connectivity index (χ0) is 9.84. The predicted octanol–water partition coefficient (Wildman–Crippen LogP) is 4.49. The summed E-state index contributed by atoms with van der Waals surface area (Å²) in [6.45, 7) is 9.50. The molecule has 1 aliphatic rings. The van der Waals surface area contributed by atoms with Crippen molar-refractivity contribution >= 4 is 0 Å². The molecule has 0 bridgehead atoms. The van der Waals surface area contributed by atoms with E-state index in [0.717, 1.165) is 23.7 Å². The topological polar surface area (TPSA) is 0 Å². The normalized spacial score (nSPS) is 30.2. The Morgan fingerprint density at radius 1 is 1.08 bits per heavy atom. The molecule has 0 radical (unpaired) electrons. The second kappa shape index (κ2) is 5.02. The van der Waals surface area contributed by atoms with Gasteiger partial charge in [-0.3, -0.25) is 0 Å². The fraction of sp³-hybridized carbons (Fsp3) is 1.00. The van der Waals surface area contributed by atoms with Crippen molar-refractivity contribution in [3.8, 4) is 0 Å². The van der Waals surface area contributed by atoms with Crippen molar-refractivity contribution in [1.82, 2.24) is 0 Å². The van der Waals surface area contributed by atoms with Crippen LogP contribution in [-0.2, 0) is 0 Å². The van der Waals surface area contributed by atoms with Gasteiger partial charge in [-0.1, -0.05) is 47.0 Å². The summed E-state index contributed by atoms with van der Waals surface area (Å²) in [5.74, 6) is 4.04. The maximum absolute atomic E-state index is 2.46. The van der Waals surface area contributed by atoms with E-state index in [2.05, 4.69) is 27.7 Å². The second-order valence-corrected chi connectivity index (χ2v) is 5.36. The highest BCUT2D eigenvalue weighted by molar-refractivity contribution is 4.84. The van der Waals surface area contributed by atoms with E-state index in [9.17, 15) is 0 Å². The molecule has 0 saturated heterocycles. The molecular formula is C13H26. The van der Waals surface area contributed by atoms with Crippen LogP contribution in [0.5, 0.6) is 0 Å². The third-order valence-electron chi connectivity index (χ3n) is 3.97. The molecule has 0 N–H and O–H groups in total. The minimum Gasteiger partial charge on any atom is -0.0654 e. The van der Waals surface area contributed by atoms with Gasteiger partial charge in [-0.05, 0) is 36.5 Å². The molecule has 0 heteroatoms. The smallest absolute Gasteiger partial charge is 0.0383 e. The highest BCUT2D eigenvalue weighted by atomic mass is 14.4. The van der Waals surface area contributed by atoms with Gasteiger partial charge in [0.05, 0.1) is 0 Å². The summed E-state index contributed by atoms with van der Waals surface area (Å²) < 4.78 is 0. The van der Waals surface area contributed by atoms with Crippen LogP contribution in [0, 0.1) is 23.7 Å². The summed E-state index contributed by atoms with van der Waals surface area (Å²) in [5, 5.41) is 0. The van der Waals surface area contributed by atoms with Crippen molar-refractivity contribution in [3.05, 3.63) is 0 Å². The Balaban J connectivity index is 2.11. The molecule has 0 spiro atoms. The van der Waals surface area contributed by atoms with Crippen molar-refractivity contribution in [3.63, 3.8) is 0 Å². The molecule has 1 unspecified atom stereocenters. The maximum Gasteiger partial charge on any atom is -0.0383 e. The molecule has 1 aliphatic carbocycles. The van der Waals surface area contributed by atoms with Crippen LogP contribution in [0.25, 0.3) is 0 Å². The lowest BCUT2D eigenvalue weighted by Crippen LogP contribution is -2.31. The first kappa shape index (κ1) is 11.1. The quantitative estimate of drug-likeness (QED) is 0.587. The van der Waals surface area contributed by atoms with Gasteiger partial charge in [-0.2, -0.15) is 0 Å². The monoisotopic (exact) mass is 182 g/mol. The van der Waals surface area contributed by atoms with Crippen LogP contribution in [-0.4, -0.2) is 0 Å². The Labute approximate surface area is 84.1 Å². The first-order valence-corrected chi connectivity index (χ1v) is 6.15. The summed E-state index contributed by atoms with van der Waals surface area (Å²) in [7, 11) is 0. The minimum absolute atomic E-state index is 0.926. The molecule has 13 heavy (non-hydrogen) atoms. The Hall–Kier alpha value is 0. The molecule has 0 heterocycles. The van der Waals surface area contributed by atoms with Crippen LogP contribution in [0.15, 0.2) is 0 Å². The fourth-order valence-corrected chi connectivity index (χ4v) is 2.48. The summed E-state index contributed by atoms with van der Waals surface area (Å²) in [6.07, 6.45) is 7.30. The van der Waals surface area contributed by atoms with Gasteiger partial charge in [0.2, 0.25) is 0 Å². The van der Waals surface area contributed by atoms with Gasteiger partial charge in [-0.25, -0.2) is 0 Å². The molecule has 0 amide bonds. The number of unbranched alkanes of at least 4 members (excludes halogenated alkanes) is 1. The highest BCUT2D eigenvalue weighted by Crippen LogP contribution is 2.43.